The van der Waals surface area contributed by atoms with Crippen LogP contribution in [0.3, 0.4) is 0 Å². The normalized spacial score (nSPS) is 23.9. The van der Waals surface area contributed by atoms with Gasteiger partial charge in [-0.25, -0.2) is 0 Å². The summed E-state index contributed by atoms with van der Waals surface area (Å²) in [5, 5.41) is 13.5. The highest BCUT2D eigenvalue weighted by atomic mass is 35.5. The highest BCUT2D eigenvalue weighted by Gasteiger charge is 2.30. The second kappa shape index (κ2) is 4.35. The molecule has 2 N–H and O–H groups in total. The van der Waals surface area contributed by atoms with Crippen molar-refractivity contribution in [3.63, 3.8) is 0 Å². The average Bonchev–Trinajstić information content (AvgIpc) is 2.27. The zero-order valence-corrected chi connectivity index (χ0v) is 9.17. The van der Waals surface area contributed by atoms with Gasteiger partial charge in [0.2, 0.25) is 0 Å². The number of hydrogen-bond donors (Lipinski definition) is 2. The topological polar surface area (TPSA) is 32.3 Å². The van der Waals surface area contributed by atoms with Crippen LogP contribution in [0.25, 0.3) is 6.08 Å². The SMILES string of the molecule is O[C@@]1(NCCCl)CC=Cc2ccccc21. The Kier molecular flexibility index (Phi) is 3.10. The molecular formula is C12H14ClNO. The van der Waals surface area contributed by atoms with Crippen molar-refractivity contribution in [2.24, 2.45) is 0 Å². The van der Waals surface area contributed by atoms with Gasteiger partial charge in [0.25, 0.3) is 0 Å². The van der Waals surface area contributed by atoms with Gasteiger partial charge in [0.15, 0.2) is 0 Å². The predicted octanol–water partition coefficient (Wildman–Crippen LogP) is 2.08. The fourth-order valence-electron chi connectivity index (χ4n) is 1.91. The van der Waals surface area contributed by atoms with Gasteiger partial charge in [-0.05, 0) is 5.56 Å². The minimum absolute atomic E-state index is 0.494. The monoisotopic (exact) mass is 223 g/mol. The van der Waals surface area contributed by atoms with E-state index in [0.717, 1.165) is 11.1 Å². The third kappa shape index (κ3) is 2.07. The van der Waals surface area contributed by atoms with Crippen LogP contribution in [0.5, 0.6) is 0 Å². The molecule has 0 heterocycles. The smallest absolute Gasteiger partial charge is 0.146 e. The van der Waals surface area contributed by atoms with Crippen molar-refractivity contribution in [2.45, 2.75) is 12.1 Å². The molecule has 2 rings (SSSR count). The van der Waals surface area contributed by atoms with Gasteiger partial charge in [0, 0.05) is 24.4 Å². The van der Waals surface area contributed by atoms with E-state index in [1.54, 1.807) is 0 Å². The van der Waals surface area contributed by atoms with E-state index >= 15 is 0 Å². The molecule has 0 aromatic heterocycles. The Hall–Kier alpha value is -0.830. The number of aliphatic hydroxyl groups is 1. The van der Waals surface area contributed by atoms with E-state index in [9.17, 15) is 5.11 Å². The van der Waals surface area contributed by atoms with Crippen LogP contribution < -0.4 is 5.32 Å². The van der Waals surface area contributed by atoms with Gasteiger partial charge in [-0.3, -0.25) is 5.32 Å². The molecule has 0 spiro atoms. The number of hydrogen-bond acceptors (Lipinski definition) is 2. The van der Waals surface area contributed by atoms with Gasteiger partial charge in [0.1, 0.15) is 5.72 Å². The molecule has 1 aliphatic carbocycles. The van der Waals surface area contributed by atoms with Crippen LogP contribution in [0.15, 0.2) is 30.3 Å². The average molecular weight is 224 g/mol. The van der Waals surface area contributed by atoms with Crippen LogP contribution in [0, 0.1) is 0 Å². The summed E-state index contributed by atoms with van der Waals surface area (Å²) < 4.78 is 0. The maximum atomic E-state index is 10.4. The van der Waals surface area contributed by atoms with Gasteiger partial charge < -0.3 is 5.11 Å². The highest BCUT2D eigenvalue weighted by Crippen LogP contribution is 2.30. The fraction of sp³-hybridized carbons (Fsp3) is 0.333. The molecule has 0 saturated carbocycles. The molecule has 0 unspecified atom stereocenters. The van der Waals surface area contributed by atoms with E-state index in [-0.39, 0.29) is 0 Å². The molecule has 3 heteroatoms. The van der Waals surface area contributed by atoms with Crippen molar-refractivity contribution >= 4 is 17.7 Å². The van der Waals surface area contributed by atoms with E-state index in [0.29, 0.717) is 18.8 Å². The highest BCUT2D eigenvalue weighted by molar-refractivity contribution is 6.18. The molecule has 1 aliphatic rings. The standard InChI is InChI=1S/C12H14ClNO/c13-8-9-14-12(15)7-3-5-10-4-1-2-6-11(10)12/h1-6,14-15H,7-9H2/t12-/m0/s1. The lowest BCUT2D eigenvalue weighted by Gasteiger charge is -2.32. The quantitative estimate of drug-likeness (QED) is 0.608. The third-order valence-electron chi connectivity index (χ3n) is 2.63. The summed E-state index contributed by atoms with van der Waals surface area (Å²) in [5.41, 5.74) is 1.03. The first-order valence-corrected chi connectivity index (χ1v) is 5.59. The van der Waals surface area contributed by atoms with Crippen molar-refractivity contribution < 1.29 is 5.11 Å². The molecule has 80 valence electrons. The maximum absolute atomic E-state index is 10.4. The lowest BCUT2D eigenvalue weighted by molar-refractivity contribution is 0.00398. The molecule has 2 nitrogen and oxygen atoms in total. The number of alkyl halides is 1. The van der Waals surface area contributed by atoms with E-state index in [1.165, 1.54) is 0 Å². The van der Waals surface area contributed by atoms with E-state index in [4.69, 9.17) is 11.6 Å². The second-order valence-electron chi connectivity index (χ2n) is 3.67. The molecule has 1 aromatic rings. The number of nitrogens with one attached hydrogen (secondary N) is 1. The van der Waals surface area contributed by atoms with Crippen LogP contribution in [0.4, 0.5) is 0 Å². The van der Waals surface area contributed by atoms with Crippen molar-refractivity contribution in [3.8, 4) is 0 Å². The molecule has 1 aromatic carbocycles. The van der Waals surface area contributed by atoms with Gasteiger partial charge in [-0.15, -0.1) is 11.6 Å². The van der Waals surface area contributed by atoms with Crippen LogP contribution in [0.1, 0.15) is 17.5 Å². The number of halogens is 1. The Morgan fingerprint density at radius 3 is 3.00 bits per heavy atom. The van der Waals surface area contributed by atoms with Crippen LogP contribution in [0.2, 0.25) is 0 Å². The summed E-state index contributed by atoms with van der Waals surface area (Å²) in [6.07, 6.45) is 4.59. The Morgan fingerprint density at radius 2 is 2.20 bits per heavy atom. The first-order chi connectivity index (χ1) is 7.26. The summed E-state index contributed by atoms with van der Waals surface area (Å²) in [7, 11) is 0. The minimum Gasteiger partial charge on any atom is -0.371 e. The Bertz CT molecular complexity index is 378. The Labute approximate surface area is 94.6 Å². The summed E-state index contributed by atoms with van der Waals surface area (Å²) in [6, 6.07) is 7.85. The Morgan fingerprint density at radius 1 is 1.40 bits per heavy atom. The van der Waals surface area contributed by atoms with E-state index < -0.39 is 5.72 Å². The summed E-state index contributed by atoms with van der Waals surface area (Å²) in [4.78, 5) is 0. The molecule has 15 heavy (non-hydrogen) atoms. The van der Waals surface area contributed by atoms with Crippen molar-refractivity contribution in [1.82, 2.24) is 5.32 Å². The van der Waals surface area contributed by atoms with Gasteiger partial charge in [0.05, 0.1) is 0 Å². The molecule has 0 fully saturated rings. The van der Waals surface area contributed by atoms with Crippen LogP contribution in [-0.2, 0) is 5.72 Å². The van der Waals surface area contributed by atoms with Crippen molar-refractivity contribution in [3.05, 3.63) is 41.5 Å². The maximum Gasteiger partial charge on any atom is 0.146 e. The number of rotatable bonds is 3. The van der Waals surface area contributed by atoms with E-state index in [2.05, 4.69) is 5.32 Å². The molecule has 0 saturated heterocycles. The number of benzene rings is 1. The van der Waals surface area contributed by atoms with Gasteiger partial charge in [-0.1, -0.05) is 36.4 Å². The summed E-state index contributed by atoms with van der Waals surface area (Å²) in [6.45, 7) is 0.597. The van der Waals surface area contributed by atoms with Crippen LogP contribution in [-0.4, -0.2) is 17.5 Å². The molecular weight excluding hydrogens is 210 g/mol. The van der Waals surface area contributed by atoms with E-state index in [1.807, 2.05) is 36.4 Å². The number of fused-ring (bicyclic) bond motifs is 1. The summed E-state index contributed by atoms with van der Waals surface area (Å²) in [5.74, 6) is 0.494. The first-order valence-electron chi connectivity index (χ1n) is 5.06. The predicted molar refractivity (Wildman–Crippen MR) is 62.7 cm³/mol. The zero-order valence-electron chi connectivity index (χ0n) is 8.41. The zero-order chi connectivity index (χ0) is 10.7. The van der Waals surface area contributed by atoms with Crippen molar-refractivity contribution in [2.75, 3.05) is 12.4 Å². The largest absolute Gasteiger partial charge is 0.371 e. The lowest BCUT2D eigenvalue weighted by atomic mass is 9.89. The first kappa shape index (κ1) is 10.7. The second-order valence-corrected chi connectivity index (χ2v) is 4.05. The lowest BCUT2D eigenvalue weighted by Crippen LogP contribution is -2.44. The molecule has 0 aliphatic heterocycles. The minimum atomic E-state index is -0.958. The molecule has 1 atom stereocenters. The molecule has 0 radical (unpaired) electrons. The molecule has 0 bridgehead atoms. The van der Waals surface area contributed by atoms with Crippen LogP contribution >= 0.6 is 11.6 Å². The van der Waals surface area contributed by atoms with Gasteiger partial charge in [-0.2, -0.15) is 0 Å². The summed E-state index contributed by atoms with van der Waals surface area (Å²) >= 11 is 5.62. The Balaban J connectivity index is 2.32. The molecule has 0 amide bonds. The van der Waals surface area contributed by atoms with Crippen molar-refractivity contribution in [1.29, 1.82) is 0 Å². The third-order valence-corrected chi connectivity index (χ3v) is 2.82. The van der Waals surface area contributed by atoms with Gasteiger partial charge >= 0.3 is 0 Å². The fourth-order valence-corrected chi connectivity index (χ4v) is 2.00.